The molecule has 3 rings (SSSR count). The first-order valence-corrected chi connectivity index (χ1v) is 14.4. The van der Waals surface area contributed by atoms with Gasteiger partial charge in [-0.3, -0.25) is 4.79 Å². The normalized spacial score (nSPS) is 18.1. The Kier molecular flexibility index (Phi) is 9.54. The van der Waals surface area contributed by atoms with Crippen molar-refractivity contribution in [1.82, 2.24) is 9.62 Å². The third-order valence-electron chi connectivity index (χ3n) is 7.26. The smallest absolute Gasteiger partial charge is 0.322 e. The van der Waals surface area contributed by atoms with Gasteiger partial charge in [0, 0.05) is 24.8 Å². The summed E-state index contributed by atoms with van der Waals surface area (Å²) in [6.07, 6.45) is 3.37. The molecule has 0 radical (unpaired) electrons. The van der Waals surface area contributed by atoms with Gasteiger partial charge in [-0.15, -0.1) is 0 Å². The molecule has 2 aromatic rings. The van der Waals surface area contributed by atoms with Gasteiger partial charge in [0.15, 0.2) is 0 Å². The zero-order valence-electron chi connectivity index (χ0n) is 22.5. The van der Waals surface area contributed by atoms with Gasteiger partial charge in [0.25, 0.3) is 0 Å². The first-order chi connectivity index (χ1) is 17.8. The molecule has 3 N–H and O–H groups in total. The summed E-state index contributed by atoms with van der Waals surface area (Å²) in [7, 11) is -3.85. The molecule has 0 spiro atoms. The van der Waals surface area contributed by atoms with Crippen LogP contribution in [0.2, 0.25) is 0 Å². The van der Waals surface area contributed by atoms with Crippen molar-refractivity contribution in [2.24, 2.45) is 11.3 Å². The Morgan fingerprint density at radius 3 is 2.24 bits per heavy atom. The highest BCUT2D eigenvalue weighted by Crippen LogP contribution is 2.39. The number of sulfonamides is 1. The molecule has 38 heavy (non-hydrogen) atoms. The Hall–Kier alpha value is -2.98. The highest BCUT2D eigenvalue weighted by atomic mass is 32.2. The molecule has 10 heteroatoms. The van der Waals surface area contributed by atoms with E-state index in [1.54, 1.807) is 36.1 Å². The van der Waals surface area contributed by atoms with E-state index in [9.17, 15) is 22.4 Å². The fourth-order valence-corrected chi connectivity index (χ4v) is 5.86. The van der Waals surface area contributed by atoms with Crippen molar-refractivity contribution >= 4 is 27.7 Å². The number of nitrogens with one attached hydrogen (secondary N) is 2. The minimum atomic E-state index is -3.85. The number of amides is 2. The second-order valence-corrected chi connectivity index (χ2v) is 12.8. The molecule has 2 aromatic carbocycles. The predicted octanol–water partition coefficient (Wildman–Crippen LogP) is 5.53. The quantitative estimate of drug-likeness (QED) is 0.382. The van der Waals surface area contributed by atoms with Crippen LogP contribution >= 0.6 is 0 Å². The molecule has 208 valence electrons. The number of aryl methyl sites for hydroxylation is 1. The van der Waals surface area contributed by atoms with E-state index in [2.05, 4.69) is 30.8 Å². The van der Waals surface area contributed by atoms with Gasteiger partial charge in [0.2, 0.25) is 10.0 Å². The summed E-state index contributed by atoms with van der Waals surface area (Å²) in [6, 6.07) is 10.4. The summed E-state index contributed by atoms with van der Waals surface area (Å²) in [5.74, 6) is -0.923. The van der Waals surface area contributed by atoms with Gasteiger partial charge in [-0.05, 0) is 79.3 Å². The Labute approximate surface area is 224 Å². The fraction of sp³-hybridized carbons (Fsp3) is 0.500. The van der Waals surface area contributed by atoms with Crippen molar-refractivity contribution in [3.05, 3.63) is 59.4 Å². The first kappa shape index (κ1) is 29.6. The summed E-state index contributed by atoms with van der Waals surface area (Å²) in [6.45, 7) is 8.43. The summed E-state index contributed by atoms with van der Waals surface area (Å²) in [5.41, 5.74) is 1.81. The minimum Gasteiger partial charge on any atom is -0.481 e. The minimum absolute atomic E-state index is 0.00927. The maximum Gasteiger partial charge on any atom is 0.322 e. The van der Waals surface area contributed by atoms with Crippen LogP contribution < -0.4 is 10.0 Å². The number of anilines is 1. The Morgan fingerprint density at radius 1 is 1.05 bits per heavy atom. The van der Waals surface area contributed by atoms with Crippen LogP contribution in [0.5, 0.6) is 0 Å². The maximum atomic E-state index is 14.1. The first-order valence-electron chi connectivity index (χ1n) is 12.9. The van der Waals surface area contributed by atoms with E-state index < -0.39 is 21.8 Å². The third kappa shape index (κ3) is 8.01. The number of hydrogen-bond donors (Lipinski definition) is 3. The van der Waals surface area contributed by atoms with Gasteiger partial charge in [0.1, 0.15) is 5.82 Å². The number of urea groups is 1. The lowest BCUT2D eigenvalue weighted by atomic mass is 9.71. The molecule has 0 saturated heterocycles. The number of benzene rings is 2. The fourth-order valence-electron chi connectivity index (χ4n) is 4.83. The van der Waals surface area contributed by atoms with Crippen LogP contribution in [0.3, 0.4) is 0 Å². The van der Waals surface area contributed by atoms with Gasteiger partial charge < -0.3 is 15.3 Å². The van der Waals surface area contributed by atoms with Crippen LogP contribution in [0.15, 0.2) is 47.4 Å². The molecule has 8 nitrogen and oxygen atoms in total. The average molecular weight is 548 g/mol. The van der Waals surface area contributed by atoms with Gasteiger partial charge in [-0.2, -0.15) is 0 Å². The number of carboxylic acids is 1. The number of rotatable bonds is 9. The molecular weight excluding hydrogens is 509 g/mol. The number of hydrogen-bond acceptors (Lipinski definition) is 4. The van der Waals surface area contributed by atoms with Crippen molar-refractivity contribution < 1.29 is 27.5 Å². The number of carbonyl (C=O) groups is 2. The average Bonchev–Trinajstić information content (AvgIpc) is 2.84. The lowest BCUT2D eigenvalue weighted by Crippen LogP contribution is -2.45. The summed E-state index contributed by atoms with van der Waals surface area (Å²) in [4.78, 5) is 25.9. The van der Waals surface area contributed by atoms with Gasteiger partial charge in [-0.1, -0.05) is 39.0 Å². The van der Waals surface area contributed by atoms with E-state index in [0.29, 0.717) is 17.2 Å². The summed E-state index contributed by atoms with van der Waals surface area (Å²) < 4.78 is 41.3. The van der Waals surface area contributed by atoms with Crippen LogP contribution in [0.4, 0.5) is 14.9 Å². The van der Waals surface area contributed by atoms with Crippen molar-refractivity contribution in [2.75, 3.05) is 11.9 Å². The molecule has 2 amide bonds. The largest absolute Gasteiger partial charge is 0.481 e. The van der Waals surface area contributed by atoms with Crippen LogP contribution in [-0.2, 0) is 21.4 Å². The highest BCUT2D eigenvalue weighted by molar-refractivity contribution is 7.89. The molecule has 1 saturated carbocycles. The molecule has 1 fully saturated rings. The zero-order chi connectivity index (χ0) is 28.1. The topological polar surface area (TPSA) is 116 Å². The van der Waals surface area contributed by atoms with Crippen LogP contribution in [-0.4, -0.2) is 43.0 Å². The van der Waals surface area contributed by atoms with Crippen molar-refractivity contribution in [3.8, 4) is 0 Å². The van der Waals surface area contributed by atoms with E-state index in [1.807, 2.05) is 0 Å². The third-order valence-corrected chi connectivity index (χ3v) is 8.74. The molecular formula is C28H38FN3O5S. The lowest BCUT2D eigenvalue weighted by Gasteiger charge is -2.41. The molecule has 0 atom stereocenters. The highest BCUT2D eigenvalue weighted by Gasteiger charge is 2.34. The van der Waals surface area contributed by atoms with Gasteiger partial charge in [-0.25, -0.2) is 22.3 Å². The van der Waals surface area contributed by atoms with Crippen molar-refractivity contribution in [2.45, 2.75) is 77.3 Å². The molecule has 1 aliphatic carbocycles. The Morgan fingerprint density at radius 2 is 1.68 bits per heavy atom. The van der Waals surface area contributed by atoms with E-state index in [1.165, 1.54) is 18.2 Å². The van der Waals surface area contributed by atoms with Gasteiger partial charge >= 0.3 is 12.0 Å². The van der Waals surface area contributed by atoms with Crippen molar-refractivity contribution in [1.29, 1.82) is 0 Å². The second-order valence-electron chi connectivity index (χ2n) is 11.1. The Balaban J connectivity index is 1.77. The molecule has 1 aliphatic rings. The molecule has 0 bridgehead atoms. The predicted molar refractivity (Wildman–Crippen MR) is 145 cm³/mol. The van der Waals surface area contributed by atoms with E-state index in [-0.39, 0.29) is 41.9 Å². The molecule has 0 heterocycles. The van der Waals surface area contributed by atoms with E-state index >= 15 is 0 Å². The second kappa shape index (κ2) is 12.3. The SMILES string of the molecule is Cc1ccc(NC(=O)N(Cc2ccc(S(=O)(=O)NCCC(=O)O)cc2)C2CCC(C(C)(C)C)CC2)cc1F. The van der Waals surface area contributed by atoms with Gasteiger partial charge in [0.05, 0.1) is 11.3 Å². The molecule has 0 aliphatic heterocycles. The molecule has 0 unspecified atom stereocenters. The molecule has 0 aromatic heterocycles. The van der Waals surface area contributed by atoms with Crippen LogP contribution in [0.25, 0.3) is 0 Å². The number of nitrogens with zero attached hydrogens (tertiary/aromatic N) is 1. The van der Waals surface area contributed by atoms with E-state index in [0.717, 1.165) is 31.2 Å². The van der Waals surface area contributed by atoms with Crippen LogP contribution in [0.1, 0.15) is 64.0 Å². The standard InChI is InChI=1S/C28H38FN3O5S/c1-19-5-10-22(17-25(19)29)31-27(35)32(23-11-8-21(9-12-23)28(2,3)4)18-20-6-13-24(14-7-20)38(36,37)30-16-15-26(33)34/h5-7,10,13-14,17,21,23,30H,8-9,11-12,15-16,18H2,1-4H3,(H,31,35)(H,33,34). The zero-order valence-corrected chi connectivity index (χ0v) is 23.3. The van der Waals surface area contributed by atoms with Crippen LogP contribution in [0, 0.1) is 24.1 Å². The Bertz CT molecular complexity index is 1230. The lowest BCUT2D eigenvalue weighted by molar-refractivity contribution is -0.136. The monoisotopic (exact) mass is 547 g/mol. The number of aliphatic carboxylic acids is 1. The number of halogens is 1. The van der Waals surface area contributed by atoms with Crippen molar-refractivity contribution in [3.63, 3.8) is 0 Å². The summed E-state index contributed by atoms with van der Waals surface area (Å²) >= 11 is 0. The summed E-state index contributed by atoms with van der Waals surface area (Å²) in [5, 5.41) is 11.6. The van der Waals surface area contributed by atoms with E-state index in [4.69, 9.17) is 5.11 Å². The number of carboxylic acid groups (broad SMARTS) is 1. The number of carbonyl (C=O) groups excluding carboxylic acids is 1. The maximum absolute atomic E-state index is 14.1.